The molecular weight excluding hydrogens is 324 g/mol. The molecule has 2 unspecified atom stereocenters. The van der Waals surface area contributed by atoms with E-state index in [9.17, 15) is 4.79 Å². The Kier molecular flexibility index (Phi) is 7.28. The Bertz CT molecular complexity index is 559. The lowest BCUT2D eigenvalue weighted by atomic mass is 9.91. The van der Waals surface area contributed by atoms with Crippen LogP contribution in [-0.4, -0.2) is 32.5 Å². The normalized spacial score (nSPS) is 20.0. The van der Waals surface area contributed by atoms with E-state index in [0.29, 0.717) is 18.3 Å². The Morgan fingerprint density at radius 1 is 1.21 bits per heavy atom. The highest BCUT2D eigenvalue weighted by atomic mass is 32.2. The molecule has 1 aliphatic rings. The molecule has 1 aromatic rings. The maximum atomic E-state index is 12.5. The summed E-state index contributed by atoms with van der Waals surface area (Å²) in [6.07, 6.45) is 4.57. The highest BCUT2D eigenvalue weighted by molar-refractivity contribution is 8.00. The Labute approximate surface area is 149 Å². The lowest BCUT2D eigenvalue weighted by Gasteiger charge is -2.18. The number of unbranched alkanes of at least 4 members (excludes halogenated alkanes) is 1. The molecular formula is C19H28O4S. The molecule has 4 nitrogen and oxygen atoms in total. The number of benzene rings is 1. The molecule has 0 bridgehead atoms. The summed E-state index contributed by atoms with van der Waals surface area (Å²) < 4.78 is 16.2. The average molecular weight is 352 g/mol. The lowest BCUT2D eigenvalue weighted by molar-refractivity contribution is -0.142. The van der Waals surface area contributed by atoms with Crippen molar-refractivity contribution in [3.63, 3.8) is 0 Å². The van der Waals surface area contributed by atoms with Crippen LogP contribution in [0.25, 0.3) is 0 Å². The van der Waals surface area contributed by atoms with Crippen LogP contribution in [0.1, 0.15) is 49.5 Å². The molecule has 1 heterocycles. The van der Waals surface area contributed by atoms with Crippen LogP contribution in [-0.2, 0) is 16.0 Å². The standard InChI is InChI=1S/C19H28O4S/c1-5-7-8-13-9-14-10-16(21-3)17(22-4)11-15(14)18(24-12-13)19(20)23-6-2/h10-11,13,18H,5-9,12H2,1-4H3. The number of hydrogen-bond acceptors (Lipinski definition) is 5. The van der Waals surface area contributed by atoms with Crippen molar-refractivity contribution in [1.29, 1.82) is 0 Å². The number of thioether (sulfide) groups is 1. The number of hydrogen-bond donors (Lipinski definition) is 0. The minimum atomic E-state index is -0.286. The van der Waals surface area contributed by atoms with E-state index in [-0.39, 0.29) is 11.2 Å². The van der Waals surface area contributed by atoms with Gasteiger partial charge in [-0.25, -0.2) is 0 Å². The third kappa shape index (κ3) is 4.38. The summed E-state index contributed by atoms with van der Waals surface area (Å²) in [5.41, 5.74) is 2.19. The molecule has 1 aliphatic heterocycles. The van der Waals surface area contributed by atoms with Gasteiger partial charge in [0.15, 0.2) is 11.5 Å². The third-order valence-corrected chi connectivity index (χ3v) is 5.85. The second-order valence-electron chi connectivity index (χ2n) is 6.08. The highest BCUT2D eigenvalue weighted by Gasteiger charge is 2.31. The number of carbonyl (C=O) groups excluding carboxylic acids is 1. The van der Waals surface area contributed by atoms with Crippen molar-refractivity contribution in [2.24, 2.45) is 5.92 Å². The molecule has 24 heavy (non-hydrogen) atoms. The minimum absolute atomic E-state index is 0.160. The zero-order valence-corrected chi connectivity index (χ0v) is 15.9. The number of rotatable bonds is 7. The first-order valence-corrected chi connectivity index (χ1v) is 9.72. The molecule has 0 aromatic heterocycles. The van der Waals surface area contributed by atoms with Gasteiger partial charge in [-0.15, -0.1) is 11.8 Å². The summed E-state index contributed by atoms with van der Waals surface area (Å²) in [6.45, 7) is 4.46. The molecule has 0 aliphatic carbocycles. The van der Waals surface area contributed by atoms with Crippen molar-refractivity contribution >= 4 is 17.7 Å². The van der Waals surface area contributed by atoms with Crippen LogP contribution in [0.3, 0.4) is 0 Å². The summed E-state index contributed by atoms with van der Waals surface area (Å²) in [5.74, 6) is 2.78. The SMILES string of the molecule is CCCCC1CSC(C(=O)OCC)c2cc(OC)c(OC)cc2C1. The largest absolute Gasteiger partial charge is 0.493 e. The fourth-order valence-electron chi connectivity index (χ4n) is 3.14. The number of esters is 1. The summed E-state index contributed by atoms with van der Waals surface area (Å²) in [4.78, 5) is 12.5. The van der Waals surface area contributed by atoms with Gasteiger partial charge in [0, 0.05) is 0 Å². The van der Waals surface area contributed by atoms with Crippen LogP contribution in [0, 0.1) is 5.92 Å². The van der Waals surface area contributed by atoms with Crippen molar-refractivity contribution in [1.82, 2.24) is 0 Å². The first-order chi connectivity index (χ1) is 11.6. The molecule has 0 amide bonds. The maximum Gasteiger partial charge on any atom is 0.323 e. The lowest BCUT2D eigenvalue weighted by Crippen LogP contribution is -2.14. The summed E-state index contributed by atoms with van der Waals surface area (Å²) in [5, 5.41) is -0.286. The van der Waals surface area contributed by atoms with Crippen molar-refractivity contribution in [2.45, 2.75) is 44.8 Å². The first kappa shape index (κ1) is 19.0. The fourth-order valence-corrected chi connectivity index (χ4v) is 4.49. The second kappa shape index (κ2) is 9.21. The predicted octanol–water partition coefficient (Wildman–Crippen LogP) is 4.40. The fraction of sp³-hybridized carbons (Fsp3) is 0.632. The van der Waals surface area contributed by atoms with Gasteiger partial charge < -0.3 is 14.2 Å². The van der Waals surface area contributed by atoms with Gasteiger partial charge in [-0.1, -0.05) is 19.8 Å². The number of methoxy groups -OCH3 is 2. The number of ether oxygens (including phenoxy) is 3. The average Bonchev–Trinajstić information content (AvgIpc) is 2.77. The Morgan fingerprint density at radius 2 is 1.92 bits per heavy atom. The molecule has 0 saturated heterocycles. The Balaban J connectivity index is 2.40. The van der Waals surface area contributed by atoms with E-state index in [1.165, 1.54) is 24.8 Å². The van der Waals surface area contributed by atoms with Crippen molar-refractivity contribution in [3.05, 3.63) is 23.3 Å². The number of carbonyl (C=O) groups is 1. The van der Waals surface area contributed by atoms with E-state index in [4.69, 9.17) is 14.2 Å². The van der Waals surface area contributed by atoms with Gasteiger partial charge in [-0.2, -0.15) is 0 Å². The molecule has 0 saturated carbocycles. The monoisotopic (exact) mass is 352 g/mol. The zero-order chi connectivity index (χ0) is 17.5. The molecule has 0 N–H and O–H groups in total. The molecule has 0 spiro atoms. The van der Waals surface area contributed by atoms with Gasteiger partial charge in [0.1, 0.15) is 5.25 Å². The molecule has 2 rings (SSSR count). The molecule has 0 fully saturated rings. The van der Waals surface area contributed by atoms with Gasteiger partial charge >= 0.3 is 5.97 Å². The van der Waals surface area contributed by atoms with Gasteiger partial charge in [-0.05, 0) is 54.7 Å². The molecule has 0 radical (unpaired) electrons. The van der Waals surface area contributed by atoms with Crippen LogP contribution in [0.2, 0.25) is 0 Å². The zero-order valence-electron chi connectivity index (χ0n) is 15.1. The van der Waals surface area contributed by atoms with E-state index in [0.717, 1.165) is 23.5 Å². The van der Waals surface area contributed by atoms with Crippen LogP contribution in [0.15, 0.2) is 12.1 Å². The second-order valence-corrected chi connectivity index (χ2v) is 7.22. The number of fused-ring (bicyclic) bond motifs is 1. The minimum Gasteiger partial charge on any atom is -0.493 e. The molecule has 5 heteroatoms. The van der Waals surface area contributed by atoms with E-state index in [1.807, 2.05) is 19.1 Å². The molecule has 134 valence electrons. The van der Waals surface area contributed by atoms with E-state index >= 15 is 0 Å². The van der Waals surface area contributed by atoms with Gasteiger partial charge in [0.25, 0.3) is 0 Å². The van der Waals surface area contributed by atoms with Crippen LogP contribution in [0.5, 0.6) is 11.5 Å². The topological polar surface area (TPSA) is 44.8 Å². The van der Waals surface area contributed by atoms with E-state index < -0.39 is 0 Å². The molecule has 2 atom stereocenters. The summed E-state index contributed by atoms with van der Waals surface area (Å²) in [6, 6.07) is 3.98. The van der Waals surface area contributed by atoms with E-state index in [1.54, 1.807) is 26.0 Å². The first-order valence-electron chi connectivity index (χ1n) is 8.67. The van der Waals surface area contributed by atoms with Crippen molar-refractivity contribution in [2.75, 3.05) is 26.6 Å². The summed E-state index contributed by atoms with van der Waals surface area (Å²) >= 11 is 1.70. The van der Waals surface area contributed by atoms with Crippen molar-refractivity contribution in [3.8, 4) is 11.5 Å². The van der Waals surface area contributed by atoms with Gasteiger partial charge in [0.05, 0.1) is 20.8 Å². The smallest absolute Gasteiger partial charge is 0.323 e. The highest BCUT2D eigenvalue weighted by Crippen LogP contribution is 2.43. The Hall–Kier alpha value is -1.36. The van der Waals surface area contributed by atoms with Crippen LogP contribution in [0.4, 0.5) is 0 Å². The Morgan fingerprint density at radius 3 is 2.54 bits per heavy atom. The maximum absolute atomic E-state index is 12.5. The van der Waals surface area contributed by atoms with Gasteiger partial charge in [-0.3, -0.25) is 4.79 Å². The van der Waals surface area contributed by atoms with Crippen LogP contribution < -0.4 is 9.47 Å². The molecule has 1 aromatic carbocycles. The van der Waals surface area contributed by atoms with E-state index in [2.05, 4.69) is 6.92 Å². The van der Waals surface area contributed by atoms with Gasteiger partial charge in [0.2, 0.25) is 0 Å². The predicted molar refractivity (Wildman–Crippen MR) is 98.1 cm³/mol. The third-order valence-electron chi connectivity index (χ3n) is 4.40. The van der Waals surface area contributed by atoms with Crippen LogP contribution >= 0.6 is 11.8 Å². The summed E-state index contributed by atoms with van der Waals surface area (Å²) in [7, 11) is 3.27. The quantitative estimate of drug-likeness (QED) is 0.680. The van der Waals surface area contributed by atoms with Crippen molar-refractivity contribution < 1.29 is 19.0 Å².